The molecule has 0 saturated heterocycles. The van der Waals surface area contributed by atoms with Gasteiger partial charge in [0.15, 0.2) is 0 Å². The molecule has 2 N–H and O–H groups in total. The summed E-state index contributed by atoms with van der Waals surface area (Å²) in [7, 11) is 2.63. The molecule has 9 heteroatoms. The van der Waals surface area contributed by atoms with Crippen molar-refractivity contribution in [1.29, 1.82) is 0 Å². The molecule has 0 aromatic heterocycles. The number of benzene rings is 2. The standard InChI is InChI=1S/C18H18N2O7/c1-25-18(24)13-5-11(10-27-26-2)6-15(8-13)20-19-14-3-4-16(21)12(7-14)9-17(22)23/h3-8,21H,9-10H2,1-2H3,(H,22,23). The summed E-state index contributed by atoms with van der Waals surface area (Å²) in [5.41, 5.74) is 1.81. The third-order valence-corrected chi connectivity index (χ3v) is 3.43. The molecular weight excluding hydrogens is 356 g/mol. The van der Waals surface area contributed by atoms with Crippen molar-refractivity contribution < 1.29 is 34.3 Å². The number of carboxylic acid groups (broad SMARTS) is 1. The molecule has 0 aliphatic carbocycles. The number of phenolic OH excluding ortho intramolecular Hbond substituents is 1. The van der Waals surface area contributed by atoms with Gasteiger partial charge in [-0.3, -0.25) is 4.79 Å². The molecule has 142 valence electrons. The number of carbonyl (C=O) groups excluding carboxylic acids is 1. The van der Waals surface area contributed by atoms with Gasteiger partial charge in [0, 0.05) is 5.56 Å². The molecule has 2 aromatic rings. The molecule has 0 aliphatic heterocycles. The van der Waals surface area contributed by atoms with Gasteiger partial charge >= 0.3 is 11.9 Å². The SMILES string of the molecule is COOCc1cc(N=Nc2ccc(O)c(CC(=O)O)c2)cc(C(=O)OC)c1. The predicted molar refractivity (Wildman–Crippen MR) is 93.2 cm³/mol. The van der Waals surface area contributed by atoms with Gasteiger partial charge in [-0.1, -0.05) is 0 Å². The van der Waals surface area contributed by atoms with Crippen molar-refractivity contribution in [3.05, 3.63) is 53.1 Å². The number of hydrogen-bond acceptors (Lipinski definition) is 8. The molecule has 9 nitrogen and oxygen atoms in total. The summed E-state index contributed by atoms with van der Waals surface area (Å²) in [4.78, 5) is 32.1. The summed E-state index contributed by atoms with van der Waals surface area (Å²) in [5.74, 6) is -1.75. The lowest BCUT2D eigenvalue weighted by Crippen LogP contribution is -2.02. The van der Waals surface area contributed by atoms with E-state index in [0.29, 0.717) is 16.9 Å². The quantitative estimate of drug-likeness (QED) is 0.314. The molecule has 0 saturated carbocycles. The van der Waals surface area contributed by atoms with Gasteiger partial charge in [-0.25, -0.2) is 14.6 Å². The fourth-order valence-electron chi connectivity index (χ4n) is 2.23. The Morgan fingerprint density at radius 2 is 1.78 bits per heavy atom. The summed E-state index contributed by atoms with van der Waals surface area (Å²) in [6, 6.07) is 8.97. The van der Waals surface area contributed by atoms with E-state index in [2.05, 4.69) is 15.1 Å². The molecule has 0 fully saturated rings. The molecule has 2 aromatic carbocycles. The second-order valence-electron chi connectivity index (χ2n) is 5.39. The van der Waals surface area contributed by atoms with Crippen molar-refractivity contribution in [3.8, 4) is 5.75 Å². The Labute approximate surface area is 154 Å². The van der Waals surface area contributed by atoms with Crippen molar-refractivity contribution in [2.75, 3.05) is 14.2 Å². The number of nitrogens with zero attached hydrogens (tertiary/aromatic N) is 2. The van der Waals surface area contributed by atoms with E-state index < -0.39 is 11.9 Å². The Morgan fingerprint density at radius 1 is 1.04 bits per heavy atom. The Morgan fingerprint density at radius 3 is 2.44 bits per heavy atom. The maximum absolute atomic E-state index is 11.8. The second-order valence-corrected chi connectivity index (χ2v) is 5.39. The van der Waals surface area contributed by atoms with Crippen LogP contribution in [0.25, 0.3) is 0 Å². The number of rotatable bonds is 8. The van der Waals surface area contributed by atoms with Crippen LogP contribution in [0.1, 0.15) is 21.5 Å². The molecule has 0 heterocycles. The Kier molecular flexibility index (Phi) is 6.98. The zero-order valence-electron chi connectivity index (χ0n) is 14.7. The van der Waals surface area contributed by atoms with Gasteiger partial charge in [0.05, 0.1) is 37.6 Å². The van der Waals surface area contributed by atoms with E-state index in [1.165, 1.54) is 38.5 Å². The van der Waals surface area contributed by atoms with Gasteiger partial charge in [-0.2, -0.15) is 10.2 Å². The van der Waals surface area contributed by atoms with Crippen LogP contribution in [0.5, 0.6) is 5.75 Å². The summed E-state index contributed by atoms with van der Waals surface area (Å²) < 4.78 is 4.71. The number of azo groups is 1. The average molecular weight is 374 g/mol. The maximum atomic E-state index is 11.8. The smallest absolute Gasteiger partial charge is 0.337 e. The first kappa shape index (κ1) is 20.0. The van der Waals surface area contributed by atoms with Crippen LogP contribution in [-0.2, 0) is 32.3 Å². The number of phenols is 1. The summed E-state index contributed by atoms with van der Waals surface area (Å²) in [5, 5.41) is 26.7. The van der Waals surface area contributed by atoms with E-state index >= 15 is 0 Å². The van der Waals surface area contributed by atoms with E-state index in [9.17, 15) is 14.7 Å². The highest BCUT2D eigenvalue weighted by atomic mass is 17.2. The predicted octanol–water partition coefficient (Wildman–Crippen LogP) is 3.30. The summed E-state index contributed by atoms with van der Waals surface area (Å²) in [6.45, 7) is 0.0891. The number of aliphatic carboxylic acids is 1. The van der Waals surface area contributed by atoms with Gasteiger partial charge in [0.2, 0.25) is 0 Å². The average Bonchev–Trinajstić information content (AvgIpc) is 2.65. The lowest BCUT2D eigenvalue weighted by molar-refractivity contribution is -0.282. The van der Waals surface area contributed by atoms with Crippen LogP contribution < -0.4 is 0 Å². The lowest BCUT2D eigenvalue weighted by Gasteiger charge is -2.06. The monoisotopic (exact) mass is 374 g/mol. The molecule has 0 radical (unpaired) electrons. The van der Waals surface area contributed by atoms with E-state index in [-0.39, 0.29) is 29.9 Å². The van der Waals surface area contributed by atoms with E-state index in [1.807, 2.05) is 0 Å². The Bertz CT molecular complexity index is 865. The fraction of sp³-hybridized carbons (Fsp3) is 0.222. The van der Waals surface area contributed by atoms with E-state index in [1.54, 1.807) is 12.1 Å². The van der Waals surface area contributed by atoms with Gasteiger partial charge in [0.25, 0.3) is 0 Å². The minimum atomic E-state index is -1.08. The fourth-order valence-corrected chi connectivity index (χ4v) is 2.23. The molecule has 0 atom stereocenters. The zero-order valence-corrected chi connectivity index (χ0v) is 14.7. The minimum absolute atomic E-state index is 0.0891. The number of methoxy groups -OCH3 is 1. The van der Waals surface area contributed by atoms with Crippen LogP contribution in [0.4, 0.5) is 11.4 Å². The van der Waals surface area contributed by atoms with Crippen molar-refractivity contribution in [1.82, 2.24) is 0 Å². The molecule has 2 rings (SSSR count). The molecule has 0 aliphatic rings. The first-order chi connectivity index (χ1) is 12.9. The second kappa shape index (κ2) is 9.41. The maximum Gasteiger partial charge on any atom is 0.337 e. The number of aromatic hydroxyl groups is 1. The molecular formula is C18H18N2O7. The normalized spacial score (nSPS) is 10.9. The van der Waals surface area contributed by atoms with Gasteiger partial charge in [-0.15, -0.1) is 0 Å². The van der Waals surface area contributed by atoms with Crippen molar-refractivity contribution in [3.63, 3.8) is 0 Å². The number of ether oxygens (including phenoxy) is 1. The van der Waals surface area contributed by atoms with Crippen LogP contribution in [0.3, 0.4) is 0 Å². The molecule has 0 amide bonds. The van der Waals surface area contributed by atoms with Gasteiger partial charge in [-0.05, 0) is 42.0 Å². The van der Waals surface area contributed by atoms with Gasteiger partial charge in [0.1, 0.15) is 12.4 Å². The molecule has 0 unspecified atom stereocenters. The van der Waals surface area contributed by atoms with Crippen LogP contribution >= 0.6 is 0 Å². The van der Waals surface area contributed by atoms with Crippen molar-refractivity contribution in [2.45, 2.75) is 13.0 Å². The van der Waals surface area contributed by atoms with Gasteiger partial charge < -0.3 is 14.9 Å². The Hall–Kier alpha value is -3.30. The topological polar surface area (TPSA) is 127 Å². The number of esters is 1. The van der Waals surface area contributed by atoms with Crippen LogP contribution in [-0.4, -0.2) is 36.4 Å². The highest BCUT2D eigenvalue weighted by molar-refractivity contribution is 5.90. The van der Waals surface area contributed by atoms with E-state index in [4.69, 9.17) is 14.7 Å². The van der Waals surface area contributed by atoms with Crippen molar-refractivity contribution in [2.24, 2.45) is 10.2 Å². The number of hydrogen-bond donors (Lipinski definition) is 2. The third kappa shape index (κ3) is 5.87. The molecule has 27 heavy (non-hydrogen) atoms. The van der Waals surface area contributed by atoms with Crippen LogP contribution in [0.2, 0.25) is 0 Å². The number of carboxylic acids is 1. The third-order valence-electron chi connectivity index (χ3n) is 3.43. The highest BCUT2D eigenvalue weighted by Gasteiger charge is 2.10. The van der Waals surface area contributed by atoms with E-state index in [0.717, 1.165) is 0 Å². The van der Waals surface area contributed by atoms with Crippen molar-refractivity contribution >= 4 is 23.3 Å². The molecule has 0 bridgehead atoms. The molecule has 0 spiro atoms. The first-order valence-electron chi connectivity index (χ1n) is 7.76. The zero-order chi connectivity index (χ0) is 19.8. The lowest BCUT2D eigenvalue weighted by atomic mass is 10.1. The minimum Gasteiger partial charge on any atom is -0.508 e. The number of carbonyl (C=O) groups is 2. The highest BCUT2D eigenvalue weighted by Crippen LogP contribution is 2.26. The summed E-state index contributed by atoms with van der Waals surface area (Å²) in [6.07, 6.45) is -0.342. The summed E-state index contributed by atoms with van der Waals surface area (Å²) >= 11 is 0. The van der Waals surface area contributed by atoms with Crippen LogP contribution in [0.15, 0.2) is 46.6 Å². The Balaban J connectivity index is 2.32. The largest absolute Gasteiger partial charge is 0.508 e. The first-order valence-corrected chi connectivity index (χ1v) is 7.76. The van der Waals surface area contributed by atoms with Crippen LogP contribution in [0, 0.1) is 0 Å².